The zero-order valence-electron chi connectivity index (χ0n) is 7.44. The molecular weight excluding hydrogens is 240 g/mol. The van der Waals surface area contributed by atoms with E-state index in [1.165, 1.54) is 0 Å². The van der Waals surface area contributed by atoms with Gasteiger partial charge in [-0.2, -0.15) is 0 Å². The number of benzene rings is 1. The number of nitrogens with two attached hydrogens (primary N) is 1. The molecule has 1 aromatic carbocycles. The lowest BCUT2D eigenvalue weighted by Crippen LogP contribution is -1.90. The summed E-state index contributed by atoms with van der Waals surface area (Å²) in [6.07, 6.45) is 3.47. The van der Waals surface area contributed by atoms with Crippen LogP contribution >= 0.6 is 15.9 Å². The van der Waals surface area contributed by atoms with Gasteiger partial charge >= 0.3 is 0 Å². The molecule has 70 valence electrons. The first kappa shape index (κ1) is 9.21. The molecular formula is C11H9BrN2. The minimum Gasteiger partial charge on any atom is -0.398 e. The fraction of sp³-hybridized carbons (Fsp3) is 0. The molecule has 0 aliphatic carbocycles. The molecule has 3 heteroatoms. The van der Waals surface area contributed by atoms with Crippen molar-refractivity contribution in [2.75, 3.05) is 5.73 Å². The zero-order chi connectivity index (χ0) is 9.97. The number of rotatable bonds is 1. The molecule has 0 aliphatic heterocycles. The van der Waals surface area contributed by atoms with Crippen molar-refractivity contribution < 1.29 is 0 Å². The van der Waals surface area contributed by atoms with E-state index in [1.54, 1.807) is 18.5 Å². The van der Waals surface area contributed by atoms with Gasteiger partial charge in [-0.05, 0) is 23.8 Å². The first-order chi connectivity index (χ1) is 6.77. The van der Waals surface area contributed by atoms with Gasteiger partial charge in [0.05, 0.1) is 0 Å². The molecule has 0 saturated carbocycles. The standard InChI is InChI=1S/C11H9BrN2/c12-9-3-1-2-8(6-9)10-7-14-5-4-11(10)13/h1-7H,(H2,13,14). The van der Waals surface area contributed by atoms with E-state index in [2.05, 4.69) is 20.9 Å². The molecule has 1 heterocycles. The molecule has 2 nitrogen and oxygen atoms in total. The van der Waals surface area contributed by atoms with E-state index < -0.39 is 0 Å². The molecule has 2 rings (SSSR count). The number of aromatic nitrogens is 1. The summed E-state index contributed by atoms with van der Waals surface area (Å²) in [4.78, 5) is 4.06. The van der Waals surface area contributed by atoms with Crippen molar-refractivity contribution >= 4 is 21.6 Å². The van der Waals surface area contributed by atoms with E-state index in [0.717, 1.165) is 21.3 Å². The Morgan fingerprint density at radius 2 is 2.07 bits per heavy atom. The quantitative estimate of drug-likeness (QED) is 0.843. The fourth-order valence-electron chi connectivity index (χ4n) is 1.30. The number of hydrogen-bond donors (Lipinski definition) is 1. The maximum atomic E-state index is 5.85. The lowest BCUT2D eigenvalue weighted by Gasteiger charge is -2.04. The number of anilines is 1. The number of nitrogens with zero attached hydrogens (tertiary/aromatic N) is 1. The van der Waals surface area contributed by atoms with Crippen LogP contribution in [0, 0.1) is 0 Å². The highest BCUT2D eigenvalue weighted by atomic mass is 79.9. The predicted molar refractivity (Wildman–Crippen MR) is 61.8 cm³/mol. The summed E-state index contributed by atoms with van der Waals surface area (Å²) < 4.78 is 1.04. The third-order valence-corrected chi connectivity index (χ3v) is 2.48. The summed E-state index contributed by atoms with van der Waals surface area (Å²) in [5.41, 5.74) is 8.64. The van der Waals surface area contributed by atoms with Crippen LogP contribution in [0.1, 0.15) is 0 Å². The number of pyridine rings is 1. The molecule has 2 N–H and O–H groups in total. The molecule has 0 bridgehead atoms. The van der Waals surface area contributed by atoms with Crippen molar-refractivity contribution in [3.63, 3.8) is 0 Å². The van der Waals surface area contributed by atoms with Crippen LogP contribution in [0.4, 0.5) is 5.69 Å². The van der Waals surface area contributed by atoms with Crippen LogP contribution in [0.5, 0.6) is 0 Å². The minimum absolute atomic E-state index is 0.748. The van der Waals surface area contributed by atoms with Crippen LogP contribution in [0.15, 0.2) is 47.2 Å². The van der Waals surface area contributed by atoms with Crippen LogP contribution in [-0.4, -0.2) is 4.98 Å². The van der Waals surface area contributed by atoms with Gasteiger partial charge in [0.15, 0.2) is 0 Å². The molecule has 0 spiro atoms. The topological polar surface area (TPSA) is 38.9 Å². The molecule has 2 aromatic rings. The van der Waals surface area contributed by atoms with E-state index in [4.69, 9.17) is 5.73 Å². The summed E-state index contributed by atoms with van der Waals surface area (Å²) in [5.74, 6) is 0. The SMILES string of the molecule is Nc1ccncc1-c1cccc(Br)c1. The van der Waals surface area contributed by atoms with Crippen LogP contribution in [0.25, 0.3) is 11.1 Å². The van der Waals surface area contributed by atoms with Crippen LogP contribution in [0.2, 0.25) is 0 Å². The second-order valence-corrected chi connectivity index (χ2v) is 3.89. The predicted octanol–water partition coefficient (Wildman–Crippen LogP) is 3.09. The van der Waals surface area contributed by atoms with E-state index in [9.17, 15) is 0 Å². The number of hydrogen-bond acceptors (Lipinski definition) is 2. The Morgan fingerprint density at radius 3 is 2.79 bits per heavy atom. The highest BCUT2D eigenvalue weighted by Gasteiger charge is 2.01. The van der Waals surface area contributed by atoms with Gasteiger partial charge in [0.25, 0.3) is 0 Å². The Kier molecular flexibility index (Phi) is 2.50. The van der Waals surface area contributed by atoms with Gasteiger partial charge in [-0.25, -0.2) is 0 Å². The average molecular weight is 249 g/mol. The van der Waals surface area contributed by atoms with Gasteiger partial charge in [-0.1, -0.05) is 28.1 Å². The van der Waals surface area contributed by atoms with Gasteiger partial charge in [-0.15, -0.1) is 0 Å². The van der Waals surface area contributed by atoms with Gasteiger partial charge in [0.1, 0.15) is 0 Å². The Labute approximate surface area is 90.9 Å². The summed E-state index contributed by atoms with van der Waals surface area (Å²) in [7, 11) is 0. The fourth-order valence-corrected chi connectivity index (χ4v) is 1.70. The second-order valence-electron chi connectivity index (χ2n) is 2.97. The molecule has 0 amide bonds. The van der Waals surface area contributed by atoms with Crippen LogP contribution in [-0.2, 0) is 0 Å². The third kappa shape index (κ3) is 1.77. The van der Waals surface area contributed by atoms with Crippen LogP contribution in [0.3, 0.4) is 0 Å². The summed E-state index contributed by atoms with van der Waals surface area (Å²) in [6.45, 7) is 0. The first-order valence-electron chi connectivity index (χ1n) is 4.23. The van der Waals surface area contributed by atoms with Crippen molar-refractivity contribution in [3.8, 4) is 11.1 Å². The largest absolute Gasteiger partial charge is 0.398 e. The Morgan fingerprint density at radius 1 is 1.21 bits per heavy atom. The molecule has 14 heavy (non-hydrogen) atoms. The lowest BCUT2D eigenvalue weighted by molar-refractivity contribution is 1.33. The number of nitrogen functional groups attached to an aromatic ring is 1. The Hall–Kier alpha value is -1.35. The third-order valence-electron chi connectivity index (χ3n) is 1.99. The molecule has 0 unspecified atom stereocenters. The van der Waals surface area contributed by atoms with E-state index in [0.29, 0.717) is 0 Å². The lowest BCUT2D eigenvalue weighted by atomic mass is 10.1. The van der Waals surface area contributed by atoms with Crippen molar-refractivity contribution in [3.05, 3.63) is 47.2 Å². The second kappa shape index (κ2) is 3.80. The Balaban J connectivity index is 2.55. The van der Waals surface area contributed by atoms with Gasteiger partial charge in [-0.3, -0.25) is 4.98 Å². The minimum atomic E-state index is 0.748. The van der Waals surface area contributed by atoms with Crippen molar-refractivity contribution in [2.45, 2.75) is 0 Å². The molecule has 0 radical (unpaired) electrons. The summed E-state index contributed by atoms with van der Waals surface area (Å²) >= 11 is 3.42. The Bertz CT molecular complexity index is 455. The summed E-state index contributed by atoms with van der Waals surface area (Å²) in [6, 6.07) is 9.80. The maximum absolute atomic E-state index is 5.85. The van der Waals surface area contributed by atoms with Crippen molar-refractivity contribution in [2.24, 2.45) is 0 Å². The number of halogens is 1. The van der Waals surface area contributed by atoms with Gasteiger partial charge in [0, 0.05) is 28.1 Å². The van der Waals surface area contributed by atoms with Crippen molar-refractivity contribution in [1.29, 1.82) is 0 Å². The molecule has 0 aliphatic rings. The molecule has 0 saturated heterocycles. The summed E-state index contributed by atoms with van der Waals surface area (Å²) in [5, 5.41) is 0. The maximum Gasteiger partial charge on any atom is 0.0424 e. The van der Waals surface area contributed by atoms with Gasteiger partial charge in [0.2, 0.25) is 0 Å². The van der Waals surface area contributed by atoms with Gasteiger partial charge < -0.3 is 5.73 Å². The highest BCUT2D eigenvalue weighted by Crippen LogP contribution is 2.26. The van der Waals surface area contributed by atoms with E-state index >= 15 is 0 Å². The highest BCUT2D eigenvalue weighted by molar-refractivity contribution is 9.10. The normalized spacial score (nSPS) is 10.1. The van der Waals surface area contributed by atoms with Crippen molar-refractivity contribution in [1.82, 2.24) is 4.98 Å². The molecule has 0 fully saturated rings. The smallest absolute Gasteiger partial charge is 0.0424 e. The van der Waals surface area contributed by atoms with E-state index in [1.807, 2.05) is 24.3 Å². The first-order valence-corrected chi connectivity index (χ1v) is 5.02. The van der Waals surface area contributed by atoms with Crippen LogP contribution < -0.4 is 5.73 Å². The molecule has 0 atom stereocenters. The zero-order valence-corrected chi connectivity index (χ0v) is 9.03. The average Bonchev–Trinajstić information content (AvgIpc) is 2.18. The van der Waals surface area contributed by atoms with E-state index in [-0.39, 0.29) is 0 Å². The molecule has 1 aromatic heterocycles. The monoisotopic (exact) mass is 248 g/mol.